The highest BCUT2D eigenvalue weighted by atomic mass is 35.5. The average Bonchev–Trinajstić information content (AvgIpc) is 2.55. The van der Waals surface area contributed by atoms with Gasteiger partial charge in [0.25, 0.3) is 0 Å². The van der Waals surface area contributed by atoms with Crippen molar-refractivity contribution in [2.45, 2.75) is 17.7 Å². The molecule has 130 valence electrons. The van der Waals surface area contributed by atoms with Gasteiger partial charge in [0.05, 0.1) is 12.1 Å². The number of rotatable bonds is 7. The first-order valence-electron chi connectivity index (χ1n) is 7.12. The monoisotopic (exact) mass is 407 g/mol. The molecule has 0 aliphatic rings. The van der Waals surface area contributed by atoms with Gasteiger partial charge >= 0.3 is 0 Å². The normalized spacial score (nSPS) is 11.5. The zero-order valence-corrected chi connectivity index (χ0v) is 15.9. The molecule has 24 heavy (non-hydrogen) atoms. The van der Waals surface area contributed by atoms with Gasteiger partial charge < -0.3 is 4.74 Å². The Balaban J connectivity index is 2.02. The number of hydrogen-bond donors (Lipinski definition) is 1. The van der Waals surface area contributed by atoms with Crippen LogP contribution in [0.1, 0.15) is 12.0 Å². The highest BCUT2D eigenvalue weighted by molar-refractivity contribution is 7.89. The molecular weight excluding hydrogens is 393 g/mol. The van der Waals surface area contributed by atoms with E-state index in [4.69, 9.17) is 39.5 Å². The van der Waals surface area contributed by atoms with Crippen molar-refractivity contribution in [2.24, 2.45) is 0 Å². The molecule has 0 amide bonds. The van der Waals surface area contributed by atoms with Crippen LogP contribution in [0.5, 0.6) is 5.75 Å². The van der Waals surface area contributed by atoms with Gasteiger partial charge in [-0.2, -0.15) is 0 Å². The van der Waals surface area contributed by atoms with Gasteiger partial charge in [-0.05, 0) is 36.6 Å². The Kier molecular flexibility index (Phi) is 6.78. The fraction of sp³-hybridized carbons (Fsp3) is 0.250. The van der Waals surface area contributed by atoms with Crippen LogP contribution < -0.4 is 9.46 Å². The summed E-state index contributed by atoms with van der Waals surface area (Å²) in [5.74, 6) is 0.319. The van der Waals surface area contributed by atoms with Gasteiger partial charge in [-0.1, -0.05) is 53.0 Å². The number of hydrogen-bond acceptors (Lipinski definition) is 3. The third kappa shape index (κ3) is 4.55. The predicted octanol–water partition coefficient (Wildman–Crippen LogP) is 4.57. The Morgan fingerprint density at radius 3 is 2.42 bits per heavy atom. The minimum absolute atomic E-state index is 0.0605. The summed E-state index contributed by atoms with van der Waals surface area (Å²) in [4.78, 5) is -0.0762. The van der Waals surface area contributed by atoms with Gasteiger partial charge in [0.15, 0.2) is 0 Å². The third-order valence-electron chi connectivity index (χ3n) is 3.39. The summed E-state index contributed by atoms with van der Waals surface area (Å²) in [5.41, 5.74) is 0.976. The molecule has 2 aromatic carbocycles. The summed E-state index contributed by atoms with van der Waals surface area (Å²) in [7, 11) is -2.33. The van der Waals surface area contributed by atoms with Crippen molar-refractivity contribution >= 4 is 44.8 Å². The topological polar surface area (TPSA) is 55.4 Å². The van der Waals surface area contributed by atoms with Crippen LogP contribution in [0.2, 0.25) is 15.1 Å². The molecule has 0 heterocycles. The molecule has 0 radical (unpaired) electrons. The molecule has 2 aromatic rings. The average molecular weight is 409 g/mol. The third-order valence-corrected chi connectivity index (χ3v) is 6.24. The maximum atomic E-state index is 12.4. The highest BCUT2D eigenvalue weighted by Crippen LogP contribution is 2.36. The number of halogens is 3. The first kappa shape index (κ1) is 19.3. The lowest BCUT2D eigenvalue weighted by atomic mass is 10.1. The van der Waals surface area contributed by atoms with E-state index in [0.29, 0.717) is 23.6 Å². The lowest BCUT2D eigenvalue weighted by Gasteiger charge is -2.11. The van der Waals surface area contributed by atoms with E-state index in [1.54, 1.807) is 6.07 Å². The van der Waals surface area contributed by atoms with Gasteiger partial charge in [-0.3, -0.25) is 0 Å². The van der Waals surface area contributed by atoms with Crippen molar-refractivity contribution < 1.29 is 13.2 Å². The van der Waals surface area contributed by atoms with Crippen LogP contribution in [-0.4, -0.2) is 22.1 Å². The number of nitrogens with one attached hydrogen (secondary N) is 1. The molecule has 0 aromatic heterocycles. The molecule has 8 heteroatoms. The van der Waals surface area contributed by atoms with Gasteiger partial charge in [0.1, 0.15) is 15.7 Å². The molecule has 4 nitrogen and oxygen atoms in total. The molecule has 0 aliphatic carbocycles. The van der Waals surface area contributed by atoms with Crippen LogP contribution in [0.3, 0.4) is 0 Å². The number of ether oxygens (including phenoxy) is 1. The molecule has 0 atom stereocenters. The lowest BCUT2D eigenvalue weighted by molar-refractivity contribution is 0.414. The van der Waals surface area contributed by atoms with E-state index in [9.17, 15) is 8.42 Å². The van der Waals surface area contributed by atoms with Gasteiger partial charge in [0, 0.05) is 11.6 Å². The second-order valence-corrected chi connectivity index (χ2v) is 7.89. The van der Waals surface area contributed by atoms with E-state index in [-0.39, 0.29) is 21.5 Å². The molecule has 0 saturated heterocycles. The van der Waals surface area contributed by atoms with Crippen molar-refractivity contribution in [1.82, 2.24) is 4.72 Å². The second-order valence-electron chi connectivity index (χ2n) is 4.99. The number of aryl methyl sites for hydroxylation is 1. The van der Waals surface area contributed by atoms with E-state index in [1.807, 2.05) is 18.2 Å². The maximum Gasteiger partial charge on any atom is 0.242 e. The maximum absolute atomic E-state index is 12.4. The smallest absolute Gasteiger partial charge is 0.242 e. The molecule has 0 fully saturated rings. The van der Waals surface area contributed by atoms with Crippen LogP contribution in [-0.2, 0) is 16.4 Å². The first-order valence-corrected chi connectivity index (χ1v) is 9.73. The lowest BCUT2D eigenvalue weighted by Crippen LogP contribution is -2.25. The Hall–Kier alpha value is -0.980. The van der Waals surface area contributed by atoms with Gasteiger partial charge in [-0.15, -0.1) is 0 Å². The Bertz CT molecular complexity index is 825. The summed E-state index contributed by atoms with van der Waals surface area (Å²) in [6.45, 7) is 0.257. The zero-order chi connectivity index (χ0) is 17.7. The quantitative estimate of drug-likeness (QED) is 0.683. The van der Waals surface area contributed by atoms with Crippen LogP contribution >= 0.6 is 34.8 Å². The van der Waals surface area contributed by atoms with E-state index in [0.717, 1.165) is 5.56 Å². The van der Waals surface area contributed by atoms with Crippen LogP contribution in [0.25, 0.3) is 0 Å². The van der Waals surface area contributed by atoms with Crippen LogP contribution in [0.15, 0.2) is 41.3 Å². The molecule has 0 unspecified atom stereocenters. The molecule has 0 saturated carbocycles. The van der Waals surface area contributed by atoms with Gasteiger partial charge in [-0.25, -0.2) is 13.1 Å². The summed E-state index contributed by atoms with van der Waals surface area (Å²) < 4.78 is 32.2. The van der Waals surface area contributed by atoms with Crippen molar-refractivity contribution in [3.8, 4) is 5.75 Å². The fourth-order valence-electron chi connectivity index (χ4n) is 2.14. The van der Waals surface area contributed by atoms with Gasteiger partial charge in [0.2, 0.25) is 10.0 Å². The number of benzene rings is 2. The first-order chi connectivity index (χ1) is 11.4. The van der Waals surface area contributed by atoms with Crippen molar-refractivity contribution in [1.29, 1.82) is 0 Å². The van der Waals surface area contributed by atoms with Crippen LogP contribution in [0, 0.1) is 0 Å². The molecular formula is C16H16Cl3NO3S. The standard InChI is InChI=1S/C16H16Cl3NO3S/c1-23-13-8-9-14(16(19)15(13)18)24(21,22)20-10-4-6-11-5-2-3-7-12(11)17/h2-3,5,7-9,20H,4,6,10H2,1H3. The Morgan fingerprint density at radius 2 is 1.75 bits per heavy atom. The molecule has 0 bridgehead atoms. The zero-order valence-electron chi connectivity index (χ0n) is 12.9. The number of methoxy groups -OCH3 is 1. The molecule has 0 aliphatic heterocycles. The van der Waals surface area contributed by atoms with Crippen LogP contribution in [0.4, 0.5) is 0 Å². The summed E-state index contributed by atoms with van der Waals surface area (Å²) in [6, 6.07) is 10.3. The predicted molar refractivity (Wildman–Crippen MR) is 98.0 cm³/mol. The van der Waals surface area contributed by atoms with E-state index in [1.165, 1.54) is 19.2 Å². The fourth-order valence-corrected chi connectivity index (χ4v) is 4.29. The van der Waals surface area contributed by atoms with Crippen molar-refractivity contribution in [3.63, 3.8) is 0 Å². The molecule has 2 rings (SSSR count). The Labute approximate surface area is 156 Å². The largest absolute Gasteiger partial charge is 0.495 e. The number of sulfonamides is 1. The summed E-state index contributed by atoms with van der Waals surface area (Å²) in [5, 5.41) is 0.679. The minimum atomic E-state index is -3.76. The van der Waals surface area contributed by atoms with Crippen molar-refractivity contribution in [3.05, 3.63) is 57.0 Å². The Morgan fingerprint density at radius 1 is 1.04 bits per heavy atom. The minimum Gasteiger partial charge on any atom is -0.495 e. The second kappa shape index (κ2) is 8.41. The SMILES string of the molecule is COc1ccc(S(=O)(=O)NCCCc2ccccc2Cl)c(Cl)c1Cl. The van der Waals surface area contributed by atoms with Crippen molar-refractivity contribution in [2.75, 3.05) is 13.7 Å². The highest BCUT2D eigenvalue weighted by Gasteiger charge is 2.21. The summed E-state index contributed by atoms with van der Waals surface area (Å²) in [6.07, 6.45) is 1.27. The molecule has 0 spiro atoms. The van der Waals surface area contributed by atoms with E-state index >= 15 is 0 Å². The molecule has 1 N–H and O–H groups in total. The van der Waals surface area contributed by atoms with E-state index in [2.05, 4.69) is 4.72 Å². The summed E-state index contributed by atoms with van der Waals surface area (Å²) >= 11 is 18.1. The van der Waals surface area contributed by atoms with E-state index < -0.39 is 10.0 Å².